The summed E-state index contributed by atoms with van der Waals surface area (Å²) in [5.74, 6) is -0.647. The molecule has 148 valence electrons. The second-order valence-electron chi connectivity index (χ2n) is 7.06. The Balaban J connectivity index is 1.70. The molecule has 0 saturated carbocycles. The standard InChI is InChI=1S/C21H19FN4O3/c1-2-19-24-16-6-4-3-5-15(16)21(28)26(19)11-14-9-18(29-25-14)12-7-13(10-23)20(22)17(27)8-12/h7-9,27H,2-6,11H2,1H3. The Morgan fingerprint density at radius 2 is 2.10 bits per heavy atom. The number of aromatic hydroxyl groups is 1. The Morgan fingerprint density at radius 3 is 2.86 bits per heavy atom. The number of phenolic OH excluding ortho intramolecular Hbond substituents is 1. The molecule has 0 unspecified atom stereocenters. The Morgan fingerprint density at radius 1 is 1.31 bits per heavy atom. The first-order chi connectivity index (χ1) is 14.0. The number of nitriles is 1. The molecule has 0 atom stereocenters. The average Bonchev–Trinajstić information content (AvgIpc) is 3.20. The molecule has 0 amide bonds. The van der Waals surface area contributed by atoms with Gasteiger partial charge in [-0.2, -0.15) is 5.26 Å². The quantitative estimate of drug-likeness (QED) is 0.729. The molecule has 29 heavy (non-hydrogen) atoms. The van der Waals surface area contributed by atoms with E-state index in [2.05, 4.69) is 5.16 Å². The van der Waals surface area contributed by atoms with E-state index in [1.807, 2.05) is 6.92 Å². The molecule has 1 aliphatic carbocycles. The van der Waals surface area contributed by atoms with E-state index in [1.54, 1.807) is 16.7 Å². The highest BCUT2D eigenvalue weighted by Gasteiger charge is 2.20. The number of hydrogen-bond acceptors (Lipinski definition) is 6. The number of rotatable bonds is 4. The van der Waals surface area contributed by atoms with Gasteiger partial charge >= 0.3 is 0 Å². The van der Waals surface area contributed by atoms with Crippen LogP contribution in [0.2, 0.25) is 0 Å². The zero-order valence-corrected chi connectivity index (χ0v) is 15.9. The molecule has 0 fully saturated rings. The molecule has 0 bridgehead atoms. The molecule has 1 N–H and O–H groups in total. The molecule has 1 aromatic carbocycles. The minimum absolute atomic E-state index is 0.0395. The Kier molecular flexibility index (Phi) is 4.89. The third kappa shape index (κ3) is 3.40. The van der Waals surface area contributed by atoms with Crippen molar-refractivity contribution in [2.24, 2.45) is 0 Å². The lowest BCUT2D eigenvalue weighted by atomic mass is 9.97. The van der Waals surface area contributed by atoms with Crippen molar-refractivity contribution in [1.29, 1.82) is 5.26 Å². The molecule has 0 aliphatic heterocycles. The zero-order chi connectivity index (χ0) is 20.5. The summed E-state index contributed by atoms with van der Waals surface area (Å²) >= 11 is 0. The second-order valence-corrected chi connectivity index (χ2v) is 7.06. The van der Waals surface area contributed by atoms with E-state index in [9.17, 15) is 14.3 Å². The third-order valence-corrected chi connectivity index (χ3v) is 5.17. The normalized spacial score (nSPS) is 13.1. The monoisotopic (exact) mass is 394 g/mol. The number of halogens is 1. The van der Waals surface area contributed by atoms with E-state index in [4.69, 9.17) is 14.8 Å². The van der Waals surface area contributed by atoms with Gasteiger partial charge in [0.05, 0.1) is 17.8 Å². The van der Waals surface area contributed by atoms with Gasteiger partial charge in [0.15, 0.2) is 17.3 Å². The van der Waals surface area contributed by atoms with Crippen LogP contribution in [0, 0.1) is 17.1 Å². The van der Waals surface area contributed by atoms with Crippen molar-refractivity contribution in [3.63, 3.8) is 0 Å². The summed E-state index contributed by atoms with van der Waals surface area (Å²) in [5.41, 5.74) is 2.17. The molecule has 0 radical (unpaired) electrons. The fourth-order valence-electron chi connectivity index (χ4n) is 3.69. The molecule has 2 heterocycles. The van der Waals surface area contributed by atoms with Crippen LogP contribution in [0.5, 0.6) is 5.75 Å². The fraction of sp³-hybridized carbons (Fsp3) is 0.333. The van der Waals surface area contributed by atoms with Crippen LogP contribution < -0.4 is 5.56 Å². The number of benzene rings is 1. The summed E-state index contributed by atoms with van der Waals surface area (Å²) in [4.78, 5) is 17.7. The topological polar surface area (TPSA) is 105 Å². The van der Waals surface area contributed by atoms with E-state index in [0.717, 1.165) is 36.9 Å². The number of hydrogen-bond donors (Lipinski definition) is 1. The molecule has 4 rings (SSSR count). The lowest BCUT2D eigenvalue weighted by Gasteiger charge is -2.18. The van der Waals surface area contributed by atoms with Gasteiger partial charge in [0.25, 0.3) is 5.56 Å². The number of fused-ring (bicyclic) bond motifs is 1. The van der Waals surface area contributed by atoms with Gasteiger partial charge in [-0.3, -0.25) is 9.36 Å². The maximum atomic E-state index is 13.7. The minimum Gasteiger partial charge on any atom is -0.505 e. The van der Waals surface area contributed by atoms with Gasteiger partial charge in [0.2, 0.25) is 0 Å². The van der Waals surface area contributed by atoms with E-state index in [-0.39, 0.29) is 23.4 Å². The van der Waals surface area contributed by atoms with Crippen LogP contribution in [0.4, 0.5) is 4.39 Å². The van der Waals surface area contributed by atoms with Crippen LogP contribution in [-0.4, -0.2) is 19.8 Å². The van der Waals surface area contributed by atoms with E-state index < -0.39 is 11.6 Å². The number of nitrogens with zero attached hydrogens (tertiary/aromatic N) is 4. The molecule has 0 spiro atoms. The first-order valence-corrected chi connectivity index (χ1v) is 9.51. The average molecular weight is 394 g/mol. The SMILES string of the molecule is CCc1nc2c(c(=O)n1Cc1cc(-c3cc(O)c(F)c(C#N)c3)on1)CCCC2. The van der Waals surface area contributed by atoms with Crippen LogP contribution in [-0.2, 0) is 25.8 Å². The van der Waals surface area contributed by atoms with Crippen LogP contribution >= 0.6 is 0 Å². The van der Waals surface area contributed by atoms with Crippen LogP contribution in [0.1, 0.15) is 48.1 Å². The van der Waals surface area contributed by atoms with Gasteiger partial charge < -0.3 is 9.63 Å². The number of aryl methyl sites for hydroxylation is 2. The molecule has 2 aromatic heterocycles. The lowest BCUT2D eigenvalue weighted by molar-refractivity contribution is 0.416. The predicted molar refractivity (Wildman–Crippen MR) is 102 cm³/mol. The van der Waals surface area contributed by atoms with Crippen molar-refractivity contribution in [2.75, 3.05) is 0 Å². The van der Waals surface area contributed by atoms with E-state index >= 15 is 0 Å². The highest BCUT2D eigenvalue weighted by Crippen LogP contribution is 2.29. The molecule has 8 heteroatoms. The smallest absolute Gasteiger partial charge is 0.257 e. The highest BCUT2D eigenvalue weighted by molar-refractivity contribution is 5.63. The molecule has 1 aliphatic rings. The van der Waals surface area contributed by atoms with Gasteiger partial charge in [-0.1, -0.05) is 12.1 Å². The largest absolute Gasteiger partial charge is 0.505 e. The third-order valence-electron chi connectivity index (χ3n) is 5.17. The van der Waals surface area contributed by atoms with Crippen LogP contribution in [0.3, 0.4) is 0 Å². The summed E-state index contributed by atoms with van der Waals surface area (Å²) in [6.45, 7) is 2.15. The Labute approximate surface area is 166 Å². The van der Waals surface area contributed by atoms with Crippen molar-refractivity contribution in [3.8, 4) is 23.1 Å². The summed E-state index contributed by atoms with van der Waals surface area (Å²) in [7, 11) is 0. The first kappa shape index (κ1) is 18.9. The summed E-state index contributed by atoms with van der Waals surface area (Å²) in [5, 5.41) is 22.7. The maximum absolute atomic E-state index is 13.7. The van der Waals surface area contributed by atoms with Gasteiger partial charge in [0.1, 0.15) is 17.6 Å². The van der Waals surface area contributed by atoms with Gasteiger partial charge in [-0.25, -0.2) is 9.37 Å². The highest BCUT2D eigenvalue weighted by atomic mass is 19.1. The minimum atomic E-state index is -0.977. The lowest BCUT2D eigenvalue weighted by Crippen LogP contribution is -2.32. The number of phenols is 1. The van der Waals surface area contributed by atoms with Gasteiger partial charge in [-0.05, 0) is 37.8 Å². The van der Waals surface area contributed by atoms with E-state index in [1.165, 1.54) is 12.1 Å². The van der Waals surface area contributed by atoms with Crippen LogP contribution in [0.15, 0.2) is 27.5 Å². The predicted octanol–water partition coefficient (Wildman–Crippen LogP) is 3.10. The Bertz CT molecular complexity index is 1190. The van der Waals surface area contributed by atoms with Crippen molar-refractivity contribution < 1.29 is 14.0 Å². The van der Waals surface area contributed by atoms with Crippen molar-refractivity contribution in [3.05, 3.63) is 62.7 Å². The van der Waals surface area contributed by atoms with E-state index in [0.29, 0.717) is 23.5 Å². The van der Waals surface area contributed by atoms with Gasteiger partial charge in [-0.15, -0.1) is 0 Å². The first-order valence-electron chi connectivity index (χ1n) is 9.51. The van der Waals surface area contributed by atoms with Gasteiger partial charge in [0, 0.05) is 23.6 Å². The van der Waals surface area contributed by atoms with Crippen molar-refractivity contribution in [2.45, 2.75) is 45.6 Å². The summed E-state index contributed by atoms with van der Waals surface area (Å²) in [6, 6.07) is 5.76. The molecular formula is C21H19FN4O3. The Hall–Kier alpha value is -3.47. The molecule has 3 aromatic rings. The summed E-state index contributed by atoms with van der Waals surface area (Å²) in [6.07, 6.45) is 4.22. The zero-order valence-electron chi connectivity index (χ0n) is 15.9. The van der Waals surface area contributed by atoms with Crippen LogP contribution in [0.25, 0.3) is 11.3 Å². The number of aromatic nitrogens is 3. The fourth-order valence-corrected chi connectivity index (χ4v) is 3.69. The summed E-state index contributed by atoms with van der Waals surface area (Å²) < 4.78 is 20.6. The van der Waals surface area contributed by atoms with Crippen molar-refractivity contribution in [1.82, 2.24) is 14.7 Å². The maximum Gasteiger partial charge on any atom is 0.257 e. The molecule has 7 nitrogen and oxygen atoms in total. The second kappa shape index (κ2) is 7.51. The molecule has 0 saturated heterocycles. The molecular weight excluding hydrogens is 375 g/mol. The van der Waals surface area contributed by atoms with Crippen molar-refractivity contribution >= 4 is 0 Å².